The van der Waals surface area contributed by atoms with Gasteiger partial charge >= 0.3 is 12.1 Å². The Bertz CT molecular complexity index is 971. The topological polar surface area (TPSA) is 105 Å². The van der Waals surface area contributed by atoms with Crippen molar-refractivity contribution >= 4 is 18.0 Å². The molecule has 0 saturated heterocycles. The first-order valence-electron chi connectivity index (χ1n) is 11.1. The summed E-state index contributed by atoms with van der Waals surface area (Å²) in [6.07, 6.45) is 2.00. The number of amides is 2. The summed E-state index contributed by atoms with van der Waals surface area (Å²) in [5.74, 6) is -1.55. The second-order valence-electron chi connectivity index (χ2n) is 8.65. The van der Waals surface area contributed by atoms with Gasteiger partial charge in [-0.25, -0.2) is 4.79 Å². The Morgan fingerprint density at radius 3 is 2.19 bits per heavy atom. The van der Waals surface area contributed by atoms with Crippen LogP contribution in [0.25, 0.3) is 11.1 Å². The van der Waals surface area contributed by atoms with Crippen molar-refractivity contribution in [2.75, 3.05) is 13.2 Å². The molecule has 4 rings (SSSR count). The molecule has 2 aromatic carbocycles. The first kappa shape index (κ1) is 21.9. The number of carbonyl (C=O) groups excluding carboxylic acids is 2. The first-order chi connectivity index (χ1) is 15.4. The number of carbonyl (C=O) groups is 3. The number of nitrogens with one attached hydrogen (secondary N) is 2. The molecule has 1 saturated carbocycles. The van der Waals surface area contributed by atoms with Gasteiger partial charge in [-0.3, -0.25) is 9.59 Å². The average Bonchev–Trinajstić information content (AvgIpc) is 3.55. The molecule has 2 aliphatic rings. The van der Waals surface area contributed by atoms with Crippen LogP contribution < -0.4 is 10.6 Å². The van der Waals surface area contributed by atoms with Crippen LogP contribution in [0.2, 0.25) is 0 Å². The van der Waals surface area contributed by atoms with Crippen molar-refractivity contribution in [1.29, 1.82) is 0 Å². The van der Waals surface area contributed by atoms with E-state index in [0.717, 1.165) is 35.1 Å². The number of rotatable bonds is 9. The molecule has 168 valence electrons. The second-order valence-corrected chi connectivity index (χ2v) is 8.65. The molecule has 0 radical (unpaired) electrons. The molecule has 32 heavy (non-hydrogen) atoms. The van der Waals surface area contributed by atoms with E-state index in [2.05, 4.69) is 22.8 Å². The number of carboxylic acid groups (broad SMARTS) is 1. The molecule has 2 atom stereocenters. The van der Waals surface area contributed by atoms with Gasteiger partial charge in [-0.15, -0.1) is 0 Å². The van der Waals surface area contributed by atoms with E-state index in [4.69, 9.17) is 4.74 Å². The molecule has 2 aliphatic carbocycles. The Kier molecular flexibility index (Phi) is 6.44. The third-order valence-corrected chi connectivity index (χ3v) is 6.26. The number of hydrogen-bond donors (Lipinski definition) is 3. The molecule has 0 aromatic heterocycles. The summed E-state index contributed by atoms with van der Waals surface area (Å²) >= 11 is 0. The van der Waals surface area contributed by atoms with E-state index in [1.807, 2.05) is 36.4 Å². The van der Waals surface area contributed by atoms with Crippen LogP contribution in [0.1, 0.15) is 43.2 Å². The van der Waals surface area contributed by atoms with Crippen molar-refractivity contribution in [3.05, 3.63) is 59.7 Å². The maximum Gasteiger partial charge on any atom is 0.407 e. The van der Waals surface area contributed by atoms with Gasteiger partial charge in [-0.2, -0.15) is 0 Å². The zero-order chi connectivity index (χ0) is 22.7. The van der Waals surface area contributed by atoms with Gasteiger partial charge in [0.25, 0.3) is 0 Å². The summed E-state index contributed by atoms with van der Waals surface area (Å²) in [7, 11) is 0. The molecule has 7 nitrogen and oxygen atoms in total. The van der Waals surface area contributed by atoms with E-state index in [9.17, 15) is 19.5 Å². The smallest absolute Gasteiger partial charge is 0.407 e. The minimum atomic E-state index is -0.908. The van der Waals surface area contributed by atoms with Crippen molar-refractivity contribution in [2.24, 2.45) is 11.8 Å². The predicted molar refractivity (Wildman–Crippen MR) is 119 cm³/mol. The zero-order valence-corrected chi connectivity index (χ0v) is 18.0. The summed E-state index contributed by atoms with van der Waals surface area (Å²) in [4.78, 5) is 36.0. The van der Waals surface area contributed by atoms with Gasteiger partial charge < -0.3 is 20.5 Å². The third kappa shape index (κ3) is 4.93. The van der Waals surface area contributed by atoms with Crippen molar-refractivity contribution in [2.45, 2.75) is 38.1 Å². The van der Waals surface area contributed by atoms with E-state index in [0.29, 0.717) is 12.3 Å². The van der Waals surface area contributed by atoms with E-state index in [1.165, 1.54) is 0 Å². The molecular formula is C25H28N2O5. The lowest BCUT2D eigenvalue weighted by molar-refractivity contribution is -0.142. The minimum Gasteiger partial charge on any atom is -0.481 e. The second kappa shape index (κ2) is 9.42. The Hall–Kier alpha value is -3.35. The summed E-state index contributed by atoms with van der Waals surface area (Å²) in [6, 6.07) is 15.3. The summed E-state index contributed by atoms with van der Waals surface area (Å²) in [5.41, 5.74) is 4.51. The molecule has 7 heteroatoms. The highest BCUT2D eigenvalue weighted by Crippen LogP contribution is 2.44. The van der Waals surface area contributed by atoms with Gasteiger partial charge in [0.05, 0.1) is 5.92 Å². The predicted octanol–water partition coefficient (Wildman–Crippen LogP) is 3.53. The van der Waals surface area contributed by atoms with Crippen LogP contribution in [0.5, 0.6) is 0 Å². The fourth-order valence-electron chi connectivity index (χ4n) is 4.29. The van der Waals surface area contributed by atoms with Crippen molar-refractivity contribution in [3.8, 4) is 11.1 Å². The highest BCUT2D eigenvalue weighted by Gasteiger charge is 2.31. The summed E-state index contributed by atoms with van der Waals surface area (Å²) in [5, 5.41) is 14.5. The molecule has 0 bridgehead atoms. The highest BCUT2D eigenvalue weighted by atomic mass is 16.5. The largest absolute Gasteiger partial charge is 0.481 e. The molecule has 3 N–H and O–H groups in total. The number of fused-ring (bicyclic) bond motifs is 3. The van der Waals surface area contributed by atoms with Gasteiger partial charge in [-0.05, 0) is 41.5 Å². The van der Waals surface area contributed by atoms with Gasteiger partial charge in [0, 0.05) is 12.5 Å². The van der Waals surface area contributed by atoms with Crippen molar-refractivity contribution in [1.82, 2.24) is 10.6 Å². The molecule has 0 heterocycles. The first-order valence-corrected chi connectivity index (χ1v) is 11.1. The van der Waals surface area contributed by atoms with Crippen LogP contribution >= 0.6 is 0 Å². The Morgan fingerprint density at radius 1 is 1.03 bits per heavy atom. The fraction of sp³-hybridized carbons (Fsp3) is 0.400. The van der Waals surface area contributed by atoms with Gasteiger partial charge in [-0.1, -0.05) is 61.4 Å². The summed E-state index contributed by atoms with van der Waals surface area (Å²) in [6.45, 7) is 1.77. The molecule has 0 spiro atoms. The number of benzene rings is 2. The lowest BCUT2D eigenvalue weighted by Gasteiger charge is -2.18. The van der Waals surface area contributed by atoms with E-state index < -0.39 is 29.9 Å². The number of hydrogen-bond acceptors (Lipinski definition) is 4. The van der Waals surface area contributed by atoms with Gasteiger partial charge in [0.15, 0.2) is 0 Å². The normalized spacial score (nSPS) is 16.4. The van der Waals surface area contributed by atoms with Crippen LogP contribution in [-0.4, -0.2) is 42.3 Å². The van der Waals surface area contributed by atoms with Crippen LogP contribution in [0.4, 0.5) is 4.79 Å². The lowest BCUT2D eigenvalue weighted by atomic mass is 9.98. The van der Waals surface area contributed by atoms with Crippen molar-refractivity contribution < 1.29 is 24.2 Å². The lowest BCUT2D eigenvalue weighted by Crippen LogP contribution is -2.47. The number of carboxylic acids is 1. The quantitative estimate of drug-likeness (QED) is 0.558. The van der Waals surface area contributed by atoms with Crippen LogP contribution in [0.15, 0.2) is 48.5 Å². The highest BCUT2D eigenvalue weighted by molar-refractivity contribution is 5.85. The van der Waals surface area contributed by atoms with Gasteiger partial charge in [0.1, 0.15) is 12.6 Å². The zero-order valence-electron chi connectivity index (χ0n) is 18.0. The molecule has 2 amide bonds. The third-order valence-electron chi connectivity index (χ3n) is 6.26. The Morgan fingerprint density at radius 2 is 1.62 bits per heavy atom. The number of alkyl carbamates (subject to hydrolysis) is 1. The molecule has 1 unspecified atom stereocenters. The van der Waals surface area contributed by atoms with Crippen molar-refractivity contribution in [3.63, 3.8) is 0 Å². The monoisotopic (exact) mass is 436 g/mol. The maximum atomic E-state index is 12.3. The summed E-state index contributed by atoms with van der Waals surface area (Å²) < 4.78 is 5.46. The Labute approximate surface area is 187 Å². The maximum absolute atomic E-state index is 12.3. The molecule has 0 aliphatic heterocycles. The Balaban J connectivity index is 1.28. The van der Waals surface area contributed by atoms with E-state index in [-0.39, 0.29) is 19.1 Å². The molecular weight excluding hydrogens is 408 g/mol. The average molecular weight is 437 g/mol. The van der Waals surface area contributed by atoms with Crippen LogP contribution in [0, 0.1) is 11.8 Å². The standard InChI is InChI=1S/C25H28N2O5/c1-15(23(28)26-13-17(24(29)30)12-16-10-11-16)27-25(31)32-14-22-20-8-4-2-6-18(20)19-7-3-5-9-21(19)22/h2-9,15-17,22H,10-14H2,1H3,(H,26,28)(H,27,31)(H,29,30)/t15-,17?/m0/s1. The van der Waals surface area contributed by atoms with E-state index >= 15 is 0 Å². The molecule has 1 fully saturated rings. The number of aliphatic carboxylic acids is 1. The number of ether oxygens (including phenoxy) is 1. The minimum absolute atomic E-state index is 0.0569. The van der Waals surface area contributed by atoms with Crippen LogP contribution in [-0.2, 0) is 14.3 Å². The van der Waals surface area contributed by atoms with E-state index in [1.54, 1.807) is 6.92 Å². The fourth-order valence-corrected chi connectivity index (χ4v) is 4.29. The van der Waals surface area contributed by atoms with Crippen LogP contribution in [0.3, 0.4) is 0 Å². The van der Waals surface area contributed by atoms with Gasteiger partial charge in [0.2, 0.25) is 5.91 Å². The molecule has 2 aromatic rings. The SMILES string of the molecule is C[C@H](NC(=O)OCC1c2ccccc2-c2ccccc21)C(=O)NCC(CC1CC1)C(=O)O.